The zero-order chi connectivity index (χ0) is 53.9. The minimum Gasteiger partial charge on any atom is -0.508 e. The molecule has 78 heavy (non-hydrogen) atoms. The standard InChI is InChI=1S/C59H68F3N11O5/c1-4-42-45(60)8-5-38-28-41(74)29-43(50(38)42)53-52(62)54-44(30-63-53)56(71-32-39-6-7-40(33-71)64-39)67-58(66-54)78-26-25-68-19-13-35(14-20-68)27-36-15-21-69(22-16-36)31-37-17-23-70(24-18-37)46-9-10-47-55(51(46)61)72(34(2)3)59(77)73(47)48-11-12-49(75)65-57(48)76/h1,5,8-10,28-30,34-37,39-40,48,64,74H,6-7,11-27,31-33H2,2-3H3,(H,65,75,76). The summed E-state index contributed by atoms with van der Waals surface area (Å²) >= 11 is 0. The summed E-state index contributed by atoms with van der Waals surface area (Å²) in [6.07, 6.45) is 17.6. The number of likely N-dealkylation sites (tertiary alicyclic amines) is 2. The molecule has 6 fully saturated rings. The number of fused-ring (bicyclic) bond motifs is 5. The molecule has 19 heteroatoms. The number of piperidine rings is 4. The van der Waals surface area contributed by atoms with E-state index in [1.165, 1.54) is 52.7 Å². The number of hydrogen-bond acceptors (Lipinski definition) is 13. The molecule has 3 atom stereocenters. The van der Waals surface area contributed by atoms with Crippen molar-refractivity contribution in [2.45, 2.75) is 109 Å². The van der Waals surface area contributed by atoms with Gasteiger partial charge in [0.05, 0.1) is 22.2 Å². The number of pyridine rings is 1. The van der Waals surface area contributed by atoms with Gasteiger partial charge in [0, 0.05) is 81.0 Å². The largest absolute Gasteiger partial charge is 0.508 e. The predicted molar refractivity (Wildman–Crippen MR) is 293 cm³/mol. The number of carbonyl (C=O) groups excluding carboxylic acids is 2. The monoisotopic (exact) mass is 1070 g/mol. The van der Waals surface area contributed by atoms with Crippen LogP contribution in [-0.2, 0) is 9.59 Å². The molecule has 410 valence electrons. The molecule has 0 radical (unpaired) electrons. The van der Waals surface area contributed by atoms with Gasteiger partial charge in [-0.15, -0.1) is 6.42 Å². The van der Waals surface area contributed by atoms with Crippen LogP contribution in [0.15, 0.2) is 47.4 Å². The van der Waals surface area contributed by atoms with E-state index >= 15 is 13.2 Å². The number of piperazine rings is 1. The summed E-state index contributed by atoms with van der Waals surface area (Å²) < 4.78 is 57.8. The SMILES string of the molecule is C#Cc1c(F)ccc2cc(O)cc(-c3ncc4c(N5CC6CCC(C5)N6)nc(OCCN5CCC(CC6CCN(CC7CCN(c8ccc9c(c8F)n(C(C)C)c(=O)n9C8CCC(=O)NC8=O)CC7)CC6)CC5)nc4c3F)c12. The van der Waals surface area contributed by atoms with Crippen molar-refractivity contribution in [3.05, 3.63) is 76.1 Å². The number of amides is 2. The van der Waals surface area contributed by atoms with E-state index in [0.717, 1.165) is 84.3 Å². The van der Waals surface area contributed by atoms with Crippen molar-refractivity contribution in [1.82, 2.24) is 44.5 Å². The lowest BCUT2D eigenvalue weighted by molar-refractivity contribution is -0.135. The van der Waals surface area contributed by atoms with Crippen molar-refractivity contribution in [1.29, 1.82) is 0 Å². The number of terminal acetylenes is 1. The first-order chi connectivity index (χ1) is 37.8. The maximum absolute atomic E-state index is 17.1. The molecule has 0 aliphatic carbocycles. The Bertz CT molecular complexity index is 3400. The molecule has 6 aliphatic heterocycles. The van der Waals surface area contributed by atoms with Crippen molar-refractivity contribution < 1.29 is 32.6 Å². The van der Waals surface area contributed by atoms with Gasteiger partial charge < -0.3 is 29.9 Å². The van der Waals surface area contributed by atoms with E-state index in [1.807, 2.05) is 13.8 Å². The smallest absolute Gasteiger partial charge is 0.330 e. The second-order valence-corrected chi connectivity index (χ2v) is 23.1. The number of phenolic OH excluding ortho intramolecular Hbond substituents is 1. The molecule has 12 rings (SSSR count). The highest BCUT2D eigenvalue weighted by atomic mass is 19.1. The number of hydrogen-bond donors (Lipinski definition) is 3. The average molecular weight is 1070 g/mol. The second-order valence-electron chi connectivity index (χ2n) is 23.1. The third-order valence-corrected chi connectivity index (χ3v) is 17.8. The Morgan fingerprint density at radius 3 is 2.22 bits per heavy atom. The van der Waals surface area contributed by atoms with Crippen molar-refractivity contribution in [2.75, 3.05) is 81.9 Å². The maximum atomic E-state index is 17.1. The highest BCUT2D eigenvalue weighted by Gasteiger charge is 2.37. The van der Waals surface area contributed by atoms with E-state index < -0.39 is 35.1 Å². The number of halogens is 3. The molecular weight excluding hydrogens is 1000 g/mol. The van der Waals surface area contributed by atoms with Crippen LogP contribution in [0.25, 0.3) is 44.0 Å². The molecule has 2 amide bonds. The summed E-state index contributed by atoms with van der Waals surface area (Å²) in [7, 11) is 0. The van der Waals surface area contributed by atoms with Gasteiger partial charge in [-0.05, 0) is 158 Å². The molecule has 0 spiro atoms. The summed E-state index contributed by atoms with van der Waals surface area (Å²) in [4.78, 5) is 61.9. The van der Waals surface area contributed by atoms with Gasteiger partial charge >= 0.3 is 11.7 Å². The summed E-state index contributed by atoms with van der Waals surface area (Å²) in [5, 5.41) is 17.9. The Kier molecular flexibility index (Phi) is 14.3. The summed E-state index contributed by atoms with van der Waals surface area (Å²) in [5.74, 6) is 2.03. The number of imide groups is 1. The molecule has 3 unspecified atom stereocenters. The number of rotatable bonds is 13. The molecule has 6 aliphatic rings. The fourth-order valence-electron chi connectivity index (χ4n) is 13.8. The normalized spacial score (nSPS) is 22.3. The van der Waals surface area contributed by atoms with Gasteiger partial charge in [0.1, 0.15) is 46.8 Å². The van der Waals surface area contributed by atoms with Gasteiger partial charge in [-0.2, -0.15) is 9.97 Å². The Morgan fingerprint density at radius 1 is 0.821 bits per heavy atom. The lowest BCUT2D eigenvalue weighted by atomic mass is 9.82. The highest BCUT2D eigenvalue weighted by Crippen LogP contribution is 2.40. The van der Waals surface area contributed by atoms with Crippen LogP contribution in [0.1, 0.15) is 102 Å². The molecular formula is C59H68F3N11O5. The lowest BCUT2D eigenvalue weighted by Crippen LogP contribution is -2.51. The number of aromatic nitrogens is 5. The summed E-state index contributed by atoms with van der Waals surface area (Å²) in [6, 6.07) is 8.51. The first-order valence-corrected chi connectivity index (χ1v) is 28.2. The number of benzene rings is 3. The van der Waals surface area contributed by atoms with E-state index in [-0.39, 0.29) is 69.8 Å². The van der Waals surface area contributed by atoms with Crippen LogP contribution in [-0.4, -0.2) is 135 Å². The zero-order valence-corrected chi connectivity index (χ0v) is 44.5. The molecule has 0 saturated carbocycles. The molecule has 6 saturated heterocycles. The fraction of sp³-hybridized carbons (Fsp3) is 0.525. The third kappa shape index (κ3) is 9.93. The van der Waals surface area contributed by atoms with Crippen molar-refractivity contribution >= 4 is 56.0 Å². The number of phenols is 1. The zero-order valence-electron chi connectivity index (χ0n) is 44.5. The molecule has 16 nitrogen and oxygen atoms in total. The lowest BCUT2D eigenvalue weighted by Gasteiger charge is -2.39. The summed E-state index contributed by atoms with van der Waals surface area (Å²) in [5.41, 5.74) is 0.649. The van der Waals surface area contributed by atoms with E-state index in [9.17, 15) is 19.5 Å². The predicted octanol–water partition coefficient (Wildman–Crippen LogP) is 7.67. The number of carbonyl (C=O) groups is 2. The number of aromatic hydroxyl groups is 1. The molecule has 3 aromatic heterocycles. The van der Waals surface area contributed by atoms with Gasteiger partial charge in [0.2, 0.25) is 11.8 Å². The van der Waals surface area contributed by atoms with Gasteiger partial charge in [-0.1, -0.05) is 12.0 Å². The average Bonchev–Trinajstić information content (AvgIpc) is 4.15. The molecule has 3 N–H and O–H groups in total. The van der Waals surface area contributed by atoms with E-state index in [0.29, 0.717) is 83.9 Å². The van der Waals surface area contributed by atoms with Crippen LogP contribution in [0.2, 0.25) is 0 Å². The highest BCUT2D eigenvalue weighted by molar-refractivity contribution is 6.03. The van der Waals surface area contributed by atoms with Crippen molar-refractivity contribution in [3.8, 4) is 35.4 Å². The van der Waals surface area contributed by atoms with Crippen molar-refractivity contribution in [3.63, 3.8) is 0 Å². The number of nitrogens with one attached hydrogen (secondary N) is 2. The van der Waals surface area contributed by atoms with Crippen LogP contribution in [0, 0.1) is 47.5 Å². The fourth-order valence-corrected chi connectivity index (χ4v) is 13.8. The van der Waals surface area contributed by atoms with Gasteiger partial charge in [-0.3, -0.25) is 33.9 Å². The Balaban J connectivity index is 0.631. The number of ether oxygens (including phenoxy) is 1. The van der Waals surface area contributed by atoms with Crippen LogP contribution >= 0.6 is 0 Å². The first kappa shape index (κ1) is 52.0. The minimum absolute atomic E-state index is 0.0295. The second kappa shape index (κ2) is 21.5. The quantitative estimate of drug-likeness (QED) is 0.0763. The summed E-state index contributed by atoms with van der Waals surface area (Å²) in [6.45, 7) is 12.7. The number of nitrogens with zero attached hydrogens (tertiary/aromatic N) is 9. The van der Waals surface area contributed by atoms with Gasteiger partial charge in [0.15, 0.2) is 11.6 Å². The number of anilines is 2. The molecule has 6 aromatic rings. The Labute approximate surface area is 451 Å². The minimum atomic E-state index is -0.871. The van der Waals surface area contributed by atoms with Crippen molar-refractivity contribution in [2.24, 2.45) is 17.8 Å². The van der Waals surface area contributed by atoms with Crippen LogP contribution in [0.3, 0.4) is 0 Å². The Hall–Kier alpha value is -6.75. The van der Waals surface area contributed by atoms with E-state index in [4.69, 9.17) is 16.1 Å². The van der Waals surface area contributed by atoms with Crippen LogP contribution < -0.4 is 30.9 Å². The van der Waals surface area contributed by atoms with Crippen LogP contribution in [0.5, 0.6) is 11.8 Å². The topological polar surface area (TPSA) is 166 Å². The van der Waals surface area contributed by atoms with Gasteiger partial charge in [-0.25, -0.2) is 18.0 Å². The third-order valence-electron chi connectivity index (χ3n) is 17.8. The van der Waals surface area contributed by atoms with Crippen LogP contribution in [0.4, 0.5) is 24.7 Å². The number of imidazole rings is 1. The Morgan fingerprint density at radius 2 is 1.53 bits per heavy atom. The van der Waals surface area contributed by atoms with Gasteiger partial charge in [0.25, 0.3) is 0 Å². The molecule has 9 heterocycles. The first-order valence-electron chi connectivity index (χ1n) is 28.2. The van der Waals surface area contributed by atoms with E-state index in [2.05, 4.69) is 46.1 Å². The maximum Gasteiger partial charge on any atom is 0.330 e. The van der Waals surface area contributed by atoms with E-state index in [1.54, 1.807) is 18.3 Å². The molecule has 3 aromatic carbocycles. The molecule has 2 bridgehead atoms.